The maximum atomic E-state index is 12.1. The molecule has 0 fully saturated rings. The van der Waals surface area contributed by atoms with Gasteiger partial charge in [-0.2, -0.15) is 0 Å². The van der Waals surface area contributed by atoms with Crippen molar-refractivity contribution in [2.75, 3.05) is 13.6 Å². The first kappa shape index (κ1) is 17.7. The van der Waals surface area contributed by atoms with E-state index in [9.17, 15) is 13.2 Å². The van der Waals surface area contributed by atoms with E-state index >= 15 is 0 Å². The molecule has 0 aromatic carbocycles. The number of hydrogen-bond acceptors (Lipinski definition) is 4. The molecule has 0 saturated carbocycles. The van der Waals surface area contributed by atoms with Crippen molar-refractivity contribution in [2.24, 2.45) is 0 Å². The van der Waals surface area contributed by atoms with E-state index in [4.69, 9.17) is 4.42 Å². The molecule has 1 rings (SSSR count). The molecule has 7 heteroatoms. The van der Waals surface area contributed by atoms with Crippen LogP contribution >= 0.6 is 0 Å². The summed E-state index contributed by atoms with van der Waals surface area (Å²) in [5.41, 5.74) is -0.617. The summed E-state index contributed by atoms with van der Waals surface area (Å²) < 4.78 is 31.9. The Hall–Kier alpha value is -1.34. The van der Waals surface area contributed by atoms with Crippen molar-refractivity contribution in [3.8, 4) is 0 Å². The molecule has 1 amide bonds. The Morgan fingerprint density at radius 2 is 1.95 bits per heavy atom. The van der Waals surface area contributed by atoms with Crippen LogP contribution in [-0.4, -0.2) is 38.4 Å². The molecule has 1 N–H and O–H groups in total. The van der Waals surface area contributed by atoms with Crippen molar-refractivity contribution in [2.45, 2.75) is 51.2 Å². The fourth-order valence-electron chi connectivity index (χ4n) is 1.72. The van der Waals surface area contributed by atoms with Crippen LogP contribution in [-0.2, 0) is 10.0 Å². The zero-order valence-corrected chi connectivity index (χ0v) is 14.1. The molecule has 0 aliphatic rings. The van der Waals surface area contributed by atoms with E-state index in [0.717, 1.165) is 12.8 Å². The molecule has 21 heavy (non-hydrogen) atoms. The third-order valence-corrected chi connectivity index (χ3v) is 4.32. The van der Waals surface area contributed by atoms with Crippen molar-refractivity contribution in [3.05, 3.63) is 17.9 Å². The number of rotatable bonds is 6. The molecular formula is C14H24N2O4S. The van der Waals surface area contributed by atoms with Crippen LogP contribution in [0.4, 0.5) is 0 Å². The maximum Gasteiger partial charge on any atom is 0.289 e. The number of carbonyl (C=O) groups is 1. The molecular weight excluding hydrogens is 292 g/mol. The Bertz CT molecular complexity index is 584. The monoisotopic (exact) mass is 316 g/mol. The van der Waals surface area contributed by atoms with Crippen LogP contribution in [0.3, 0.4) is 0 Å². The van der Waals surface area contributed by atoms with Crippen LogP contribution in [0, 0.1) is 0 Å². The highest BCUT2D eigenvalue weighted by molar-refractivity contribution is 7.89. The molecule has 1 aromatic rings. The molecule has 0 unspecified atom stereocenters. The number of nitrogens with zero attached hydrogens (tertiary/aromatic N) is 1. The molecule has 0 spiro atoms. The second-order valence-corrected chi connectivity index (χ2v) is 7.67. The lowest BCUT2D eigenvalue weighted by atomic mass is 10.1. The second-order valence-electron chi connectivity index (χ2n) is 6.05. The predicted octanol–water partition coefficient (Wildman–Crippen LogP) is 2.23. The largest absolute Gasteiger partial charge is 0.438 e. The van der Waals surface area contributed by atoms with Gasteiger partial charge in [0, 0.05) is 19.1 Å². The molecule has 0 atom stereocenters. The first-order valence-corrected chi connectivity index (χ1v) is 8.44. The number of nitrogens with one attached hydrogen (secondary N) is 1. The van der Waals surface area contributed by atoms with E-state index in [1.807, 2.05) is 6.92 Å². The number of carbonyl (C=O) groups excluding carboxylic acids is 1. The van der Waals surface area contributed by atoms with E-state index in [0.29, 0.717) is 6.54 Å². The van der Waals surface area contributed by atoms with Crippen LogP contribution < -0.4 is 4.72 Å². The van der Waals surface area contributed by atoms with Gasteiger partial charge in [0.1, 0.15) is 0 Å². The summed E-state index contributed by atoms with van der Waals surface area (Å²) in [7, 11) is -2.09. The summed E-state index contributed by atoms with van der Waals surface area (Å²) in [5, 5.41) is -0.246. The van der Waals surface area contributed by atoms with Crippen LogP contribution in [0.2, 0.25) is 0 Å². The minimum absolute atomic E-state index is 0.0305. The summed E-state index contributed by atoms with van der Waals surface area (Å²) in [6, 6.07) is 2.69. The van der Waals surface area contributed by atoms with Gasteiger partial charge in [-0.1, -0.05) is 13.3 Å². The van der Waals surface area contributed by atoms with Crippen LogP contribution in [0.1, 0.15) is 51.1 Å². The smallest absolute Gasteiger partial charge is 0.289 e. The van der Waals surface area contributed by atoms with E-state index in [-0.39, 0.29) is 16.8 Å². The van der Waals surface area contributed by atoms with Gasteiger partial charge in [-0.3, -0.25) is 4.79 Å². The quantitative estimate of drug-likeness (QED) is 0.873. The Morgan fingerprint density at radius 1 is 1.33 bits per heavy atom. The molecule has 0 aliphatic carbocycles. The third kappa shape index (κ3) is 5.17. The summed E-state index contributed by atoms with van der Waals surface area (Å²) >= 11 is 0. The lowest BCUT2D eigenvalue weighted by Crippen LogP contribution is -2.40. The lowest BCUT2D eigenvalue weighted by Gasteiger charge is -2.19. The van der Waals surface area contributed by atoms with Gasteiger partial charge in [-0.25, -0.2) is 13.1 Å². The zero-order valence-electron chi connectivity index (χ0n) is 13.3. The zero-order chi connectivity index (χ0) is 16.3. The van der Waals surface area contributed by atoms with Gasteiger partial charge in [-0.05, 0) is 39.3 Å². The summed E-state index contributed by atoms with van der Waals surface area (Å²) in [6.45, 7) is 7.85. The van der Waals surface area contributed by atoms with Crippen molar-refractivity contribution < 1.29 is 17.6 Å². The van der Waals surface area contributed by atoms with Crippen LogP contribution in [0.25, 0.3) is 0 Å². The minimum atomic E-state index is -3.76. The fraction of sp³-hybridized carbons (Fsp3) is 0.643. The average Bonchev–Trinajstić information content (AvgIpc) is 2.82. The maximum absolute atomic E-state index is 12.1. The topological polar surface area (TPSA) is 79.6 Å². The SMILES string of the molecule is CCCCN(C)C(=O)c1ccc(S(=O)(=O)NC(C)(C)C)o1. The number of furan rings is 1. The normalized spacial score (nSPS) is 12.4. The molecule has 1 aromatic heterocycles. The first-order chi connectivity index (χ1) is 9.57. The van der Waals surface area contributed by atoms with Gasteiger partial charge >= 0.3 is 0 Å². The van der Waals surface area contributed by atoms with E-state index in [1.54, 1.807) is 27.8 Å². The van der Waals surface area contributed by atoms with Crippen LogP contribution in [0.5, 0.6) is 0 Å². The Morgan fingerprint density at radius 3 is 2.48 bits per heavy atom. The number of amides is 1. The van der Waals surface area contributed by atoms with E-state index < -0.39 is 15.6 Å². The Kier molecular flexibility index (Phi) is 5.58. The number of hydrogen-bond donors (Lipinski definition) is 1. The summed E-state index contributed by atoms with van der Waals surface area (Å²) in [5.74, 6) is -0.288. The van der Waals surface area contributed by atoms with Gasteiger partial charge in [-0.15, -0.1) is 0 Å². The average molecular weight is 316 g/mol. The van der Waals surface area contributed by atoms with E-state index in [1.165, 1.54) is 17.0 Å². The van der Waals surface area contributed by atoms with Gasteiger partial charge in [0.15, 0.2) is 5.76 Å². The highest BCUT2D eigenvalue weighted by Crippen LogP contribution is 2.17. The fourth-order valence-corrected chi connectivity index (χ4v) is 3.07. The summed E-state index contributed by atoms with van der Waals surface area (Å²) in [6.07, 6.45) is 1.87. The van der Waals surface area contributed by atoms with Gasteiger partial charge in [0.25, 0.3) is 15.9 Å². The van der Waals surface area contributed by atoms with Gasteiger partial charge in [0.2, 0.25) is 5.09 Å². The predicted molar refractivity (Wildman–Crippen MR) is 80.7 cm³/mol. The first-order valence-electron chi connectivity index (χ1n) is 6.96. The standard InChI is InChI=1S/C14H24N2O4S/c1-6-7-10-16(5)13(17)11-8-9-12(20-11)21(18,19)15-14(2,3)4/h8-9,15H,6-7,10H2,1-5H3. The highest BCUT2D eigenvalue weighted by Gasteiger charge is 2.26. The van der Waals surface area contributed by atoms with Crippen LogP contribution in [0.15, 0.2) is 21.6 Å². The molecule has 120 valence electrons. The van der Waals surface area contributed by atoms with Crippen molar-refractivity contribution >= 4 is 15.9 Å². The van der Waals surface area contributed by atoms with Gasteiger partial charge in [0.05, 0.1) is 0 Å². The molecule has 0 saturated heterocycles. The highest BCUT2D eigenvalue weighted by atomic mass is 32.2. The van der Waals surface area contributed by atoms with Gasteiger partial charge < -0.3 is 9.32 Å². The molecule has 0 aliphatic heterocycles. The molecule has 0 radical (unpaired) electrons. The minimum Gasteiger partial charge on any atom is -0.438 e. The number of unbranched alkanes of at least 4 members (excludes halogenated alkanes) is 1. The lowest BCUT2D eigenvalue weighted by molar-refractivity contribution is 0.0756. The second kappa shape index (κ2) is 6.62. The molecule has 0 bridgehead atoms. The third-order valence-electron chi connectivity index (χ3n) is 2.69. The van der Waals surface area contributed by atoms with Crippen molar-refractivity contribution in [1.82, 2.24) is 9.62 Å². The Labute approximate surface area is 126 Å². The van der Waals surface area contributed by atoms with E-state index in [2.05, 4.69) is 4.72 Å². The van der Waals surface area contributed by atoms with Crippen molar-refractivity contribution in [1.29, 1.82) is 0 Å². The summed E-state index contributed by atoms with van der Waals surface area (Å²) in [4.78, 5) is 13.6. The number of sulfonamides is 1. The molecule has 6 nitrogen and oxygen atoms in total. The molecule has 1 heterocycles. The van der Waals surface area contributed by atoms with Crippen molar-refractivity contribution in [3.63, 3.8) is 0 Å². The Balaban J connectivity index is 2.88.